The van der Waals surface area contributed by atoms with E-state index in [0.29, 0.717) is 5.69 Å². The van der Waals surface area contributed by atoms with Crippen LogP contribution in [0.15, 0.2) is 22.7 Å². The molecule has 19 heavy (non-hydrogen) atoms. The predicted octanol–water partition coefficient (Wildman–Crippen LogP) is 3.99. The molecule has 1 aromatic rings. The summed E-state index contributed by atoms with van der Waals surface area (Å²) in [7, 11) is 0. The Kier molecular flexibility index (Phi) is 4.63. The van der Waals surface area contributed by atoms with Gasteiger partial charge >= 0.3 is 6.09 Å². The van der Waals surface area contributed by atoms with Crippen LogP contribution in [0.4, 0.5) is 10.5 Å². The highest BCUT2D eigenvalue weighted by Gasteiger charge is 2.19. The first kappa shape index (κ1) is 16.0. The molecule has 0 spiro atoms. The van der Waals surface area contributed by atoms with Gasteiger partial charge in [0.25, 0.3) is 0 Å². The van der Waals surface area contributed by atoms with Crippen LogP contribution in [-0.2, 0) is 10.3 Å². The van der Waals surface area contributed by atoms with E-state index in [1.807, 2.05) is 52.8 Å². The van der Waals surface area contributed by atoms with Gasteiger partial charge in [-0.1, -0.05) is 6.07 Å². The molecule has 0 aliphatic carbocycles. The highest BCUT2D eigenvalue weighted by molar-refractivity contribution is 9.10. The van der Waals surface area contributed by atoms with Gasteiger partial charge in [-0.25, -0.2) is 4.79 Å². The second kappa shape index (κ2) is 5.51. The molecule has 0 bridgehead atoms. The highest BCUT2D eigenvalue weighted by Crippen LogP contribution is 2.28. The molecule has 5 heteroatoms. The molecule has 106 valence electrons. The monoisotopic (exact) mass is 328 g/mol. The van der Waals surface area contributed by atoms with E-state index in [4.69, 9.17) is 10.5 Å². The number of anilines is 1. The van der Waals surface area contributed by atoms with Gasteiger partial charge in [0.15, 0.2) is 0 Å². The summed E-state index contributed by atoms with van der Waals surface area (Å²) in [6.07, 6.45) is -0.486. The lowest BCUT2D eigenvalue weighted by molar-refractivity contribution is 0.0636. The molecule has 0 fully saturated rings. The van der Waals surface area contributed by atoms with E-state index in [0.717, 1.165) is 10.0 Å². The van der Waals surface area contributed by atoms with Crippen LogP contribution < -0.4 is 11.1 Å². The molecule has 4 nitrogen and oxygen atoms in total. The van der Waals surface area contributed by atoms with Gasteiger partial charge in [0.2, 0.25) is 0 Å². The van der Waals surface area contributed by atoms with Crippen molar-refractivity contribution in [3.63, 3.8) is 0 Å². The Morgan fingerprint density at radius 2 is 1.84 bits per heavy atom. The Labute approximate surface area is 122 Å². The number of nitrogens with one attached hydrogen (secondary N) is 1. The van der Waals surface area contributed by atoms with Crippen molar-refractivity contribution in [1.82, 2.24) is 0 Å². The normalized spacial score (nSPS) is 12.2. The van der Waals surface area contributed by atoms with Crippen LogP contribution in [-0.4, -0.2) is 11.7 Å². The fourth-order valence-corrected chi connectivity index (χ4v) is 1.78. The summed E-state index contributed by atoms with van der Waals surface area (Å²) in [5, 5.41) is 2.72. The van der Waals surface area contributed by atoms with Crippen molar-refractivity contribution in [3.8, 4) is 0 Å². The Bertz CT molecular complexity index is 473. The van der Waals surface area contributed by atoms with Gasteiger partial charge in [-0.05, 0) is 68.2 Å². The van der Waals surface area contributed by atoms with Crippen molar-refractivity contribution in [2.45, 2.75) is 45.8 Å². The lowest BCUT2D eigenvalue weighted by atomic mass is 9.95. The minimum Gasteiger partial charge on any atom is -0.444 e. The van der Waals surface area contributed by atoms with Crippen molar-refractivity contribution in [1.29, 1.82) is 0 Å². The SMILES string of the molecule is CC(C)(C)OC(=O)Nc1cc(C(C)(C)N)ccc1Br. The van der Waals surface area contributed by atoms with Gasteiger partial charge in [0.05, 0.1) is 5.69 Å². The van der Waals surface area contributed by atoms with Crippen LogP contribution in [0.2, 0.25) is 0 Å². The molecule has 1 amide bonds. The average molecular weight is 329 g/mol. The van der Waals surface area contributed by atoms with Gasteiger partial charge in [-0.2, -0.15) is 0 Å². The zero-order chi connectivity index (χ0) is 14.8. The molecule has 1 aromatic carbocycles. The Balaban J connectivity index is 2.92. The summed E-state index contributed by atoms with van der Waals surface area (Å²) in [6.45, 7) is 9.28. The topological polar surface area (TPSA) is 64.3 Å². The molecule has 0 radical (unpaired) electrons. The van der Waals surface area contributed by atoms with Crippen molar-refractivity contribution in [2.24, 2.45) is 5.73 Å². The first-order chi connectivity index (χ1) is 8.49. The largest absolute Gasteiger partial charge is 0.444 e. The molecule has 0 atom stereocenters. The maximum absolute atomic E-state index is 11.8. The number of nitrogens with two attached hydrogens (primary N) is 1. The predicted molar refractivity (Wildman–Crippen MR) is 81.2 cm³/mol. The summed E-state index contributed by atoms with van der Waals surface area (Å²) in [5.74, 6) is 0. The standard InChI is InChI=1S/C14H21BrN2O2/c1-13(2,3)19-12(18)17-11-8-9(14(4,5)16)6-7-10(11)15/h6-8H,16H2,1-5H3,(H,17,18). The number of ether oxygens (including phenoxy) is 1. The number of carbonyl (C=O) groups excluding carboxylic acids is 1. The van der Waals surface area contributed by atoms with Crippen LogP contribution >= 0.6 is 15.9 Å². The third kappa shape index (κ3) is 5.20. The van der Waals surface area contributed by atoms with Gasteiger partial charge in [0, 0.05) is 10.0 Å². The molecule has 0 saturated heterocycles. The zero-order valence-corrected chi connectivity index (χ0v) is 13.6. The molecular formula is C14H21BrN2O2. The quantitative estimate of drug-likeness (QED) is 0.862. The molecule has 0 unspecified atom stereocenters. The Morgan fingerprint density at radius 3 is 2.32 bits per heavy atom. The summed E-state index contributed by atoms with van der Waals surface area (Å²) in [4.78, 5) is 11.8. The van der Waals surface area contributed by atoms with E-state index in [2.05, 4.69) is 21.2 Å². The fraction of sp³-hybridized carbons (Fsp3) is 0.500. The van der Waals surface area contributed by atoms with Crippen LogP contribution in [0.3, 0.4) is 0 Å². The Morgan fingerprint density at radius 1 is 1.26 bits per heavy atom. The maximum Gasteiger partial charge on any atom is 0.412 e. The Hall–Kier alpha value is -1.07. The first-order valence-corrected chi connectivity index (χ1v) is 6.87. The van der Waals surface area contributed by atoms with E-state index in [9.17, 15) is 4.79 Å². The molecule has 0 aromatic heterocycles. The van der Waals surface area contributed by atoms with Crippen molar-refractivity contribution in [2.75, 3.05) is 5.32 Å². The molecule has 1 rings (SSSR count). The maximum atomic E-state index is 11.8. The van der Waals surface area contributed by atoms with Gasteiger partial charge in [0.1, 0.15) is 5.60 Å². The van der Waals surface area contributed by atoms with Crippen LogP contribution in [0, 0.1) is 0 Å². The number of carbonyl (C=O) groups is 1. The van der Waals surface area contributed by atoms with Crippen LogP contribution in [0.25, 0.3) is 0 Å². The van der Waals surface area contributed by atoms with Gasteiger partial charge in [-0.15, -0.1) is 0 Å². The van der Waals surface area contributed by atoms with E-state index >= 15 is 0 Å². The third-order valence-electron chi connectivity index (χ3n) is 2.35. The number of benzene rings is 1. The summed E-state index contributed by atoms with van der Waals surface area (Å²) in [6, 6.07) is 5.62. The van der Waals surface area contributed by atoms with Crippen LogP contribution in [0.1, 0.15) is 40.2 Å². The lowest BCUT2D eigenvalue weighted by Gasteiger charge is -2.22. The molecule has 0 aliphatic heterocycles. The van der Waals surface area contributed by atoms with Crippen LogP contribution in [0.5, 0.6) is 0 Å². The number of hydrogen-bond donors (Lipinski definition) is 2. The van der Waals surface area contributed by atoms with Crippen molar-refractivity contribution in [3.05, 3.63) is 28.2 Å². The van der Waals surface area contributed by atoms with Gasteiger partial charge in [-0.3, -0.25) is 5.32 Å². The zero-order valence-electron chi connectivity index (χ0n) is 12.0. The van der Waals surface area contributed by atoms with E-state index in [1.54, 1.807) is 0 Å². The van der Waals surface area contributed by atoms with E-state index in [-0.39, 0.29) is 0 Å². The summed E-state index contributed by atoms with van der Waals surface area (Å²) >= 11 is 3.39. The molecule has 0 aliphatic rings. The van der Waals surface area contributed by atoms with E-state index < -0.39 is 17.2 Å². The second-order valence-electron chi connectivity index (χ2n) is 6.04. The average Bonchev–Trinajstić information content (AvgIpc) is 2.16. The molecule has 3 N–H and O–H groups in total. The highest BCUT2D eigenvalue weighted by atomic mass is 79.9. The number of hydrogen-bond acceptors (Lipinski definition) is 3. The minimum atomic E-state index is -0.526. The minimum absolute atomic E-state index is 0.467. The number of amides is 1. The van der Waals surface area contributed by atoms with Crippen molar-refractivity contribution >= 4 is 27.7 Å². The second-order valence-corrected chi connectivity index (χ2v) is 6.90. The number of rotatable bonds is 2. The summed E-state index contributed by atoms with van der Waals surface area (Å²) in [5.41, 5.74) is 6.63. The first-order valence-electron chi connectivity index (χ1n) is 6.08. The van der Waals surface area contributed by atoms with Gasteiger partial charge < -0.3 is 10.5 Å². The number of halogens is 1. The fourth-order valence-electron chi connectivity index (χ4n) is 1.44. The van der Waals surface area contributed by atoms with Crippen molar-refractivity contribution < 1.29 is 9.53 Å². The smallest absolute Gasteiger partial charge is 0.412 e. The third-order valence-corrected chi connectivity index (χ3v) is 3.04. The lowest BCUT2D eigenvalue weighted by Crippen LogP contribution is -2.29. The molecule has 0 saturated carbocycles. The molecule has 0 heterocycles. The van der Waals surface area contributed by atoms with E-state index in [1.165, 1.54) is 0 Å². The summed E-state index contributed by atoms with van der Waals surface area (Å²) < 4.78 is 6.00. The molecular weight excluding hydrogens is 308 g/mol.